The molecule has 0 atom stereocenters. The fourth-order valence-electron chi connectivity index (χ4n) is 3.49. The van der Waals surface area contributed by atoms with Crippen molar-refractivity contribution < 1.29 is 17.6 Å². The van der Waals surface area contributed by atoms with Crippen LogP contribution in [0.3, 0.4) is 0 Å². The van der Waals surface area contributed by atoms with Gasteiger partial charge in [0.15, 0.2) is 0 Å². The van der Waals surface area contributed by atoms with Crippen molar-refractivity contribution in [2.24, 2.45) is 20.4 Å². The molecular weight excluding hydrogens is 454 g/mol. The lowest BCUT2D eigenvalue weighted by molar-refractivity contribution is 0.223. The van der Waals surface area contributed by atoms with E-state index in [2.05, 4.69) is 24.7 Å². The molecule has 0 unspecified atom stereocenters. The predicted molar refractivity (Wildman–Crippen MR) is 125 cm³/mol. The van der Waals surface area contributed by atoms with Crippen LogP contribution in [0.4, 0.5) is 17.6 Å². The van der Waals surface area contributed by atoms with E-state index >= 15 is 0 Å². The third-order valence-electron chi connectivity index (χ3n) is 5.35. The van der Waals surface area contributed by atoms with Crippen LogP contribution in [0.15, 0.2) is 68.9 Å². The molecule has 0 saturated heterocycles. The second-order valence-corrected chi connectivity index (χ2v) is 8.49. The summed E-state index contributed by atoms with van der Waals surface area (Å²) in [5.41, 5.74) is 4.45. The molecule has 2 aromatic carbocycles. The summed E-state index contributed by atoms with van der Waals surface area (Å²) in [5.74, 6) is 0. The average Bonchev–Trinajstić information content (AvgIpc) is 3.50. The zero-order valence-corrected chi connectivity index (χ0v) is 18.6. The summed E-state index contributed by atoms with van der Waals surface area (Å²) in [4.78, 5) is 0. The van der Waals surface area contributed by atoms with Crippen molar-refractivity contribution >= 4 is 34.8 Å². The average molecular weight is 476 g/mol. The largest absolute Gasteiger partial charge is 0.278 e. The molecule has 2 aliphatic heterocycles. The summed E-state index contributed by atoms with van der Waals surface area (Å²) in [7, 11) is 0. The van der Waals surface area contributed by atoms with Gasteiger partial charge in [-0.15, -0.1) is 0 Å². The summed E-state index contributed by atoms with van der Waals surface area (Å²) in [6, 6.07) is 15.4. The Kier molecular flexibility index (Phi) is 7.34. The van der Waals surface area contributed by atoms with E-state index in [4.69, 9.17) is 0 Å². The highest BCUT2D eigenvalue weighted by Gasteiger charge is 2.22. The molecule has 2 heterocycles. The second kappa shape index (κ2) is 10.4. The molecule has 0 aliphatic carbocycles. The number of hydrogen-bond acceptors (Lipinski definition) is 6. The van der Waals surface area contributed by atoms with E-state index in [1.165, 1.54) is 0 Å². The number of nitrogens with zero attached hydrogens (tertiary/aromatic N) is 5. The Morgan fingerprint density at radius 3 is 1.39 bits per heavy atom. The first-order valence-corrected chi connectivity index (χ1v) is 11.4. The Balaban J connectivity index is 1.32. The van der Waals surface area contributed by atoms with Gasteiger partial charge in [-0.2, -0.15) is 20.4 Å². The highest BCUT2D eigenvalue weighted by Crippen LogP contribution is 2.21. The number of rotatable bonds is 9. The molecule has 5 nitrogen and oxygen atoms in total. The number of hydrogen-bond donors (Lipinski definition) is 0. The molecule has 0 fully saturated rings. The summed E-state index contributed by atoms with van der Waals surface area (Å²) in [5, 5.41) is 14.9. The molecular formula is C23H21F4N5S. The van der Waals surface area contributed by atoms with Crippen molar-refractivity contribution in [1.82, 2.24) is 4.31 Å². The van der Waals surface area contributed by atoms with Gasteiger partial charge < -0.3 is 0 Å². The lowest BCUT2D eigenvalue weighted by atomic mass is 10.0. The van der Waals surface area contributed by atoms with Crippen LogP contribution >= 0.6 is 11.9 Å². The third kappa shape index (κ3) is 5.75. The normalized spacial score (nSPS) is 15.9. The van der Waals surface area contributed by atoms with E-state index in [1.54, 1.807) is 11.9 Å². The van der Waals surface area contributed by atoms with Gasteiger partial charge in [-0.1, -0.05) is 60.5 Å². The molecule has 0 spiro atoms. The van der Waals surface area contributed by atoms with Gasteiger partial charge in [-0.25, -0.2) is 21.9 Å². The molecule has 0 bridgehead atoms. The van der Waals surface area contributed by atoms with Gasteiger partial charge in [0.1, 0.15) is 11.4 Å². The molecule has 172 valence electrons. The minimum Gasteiger partial charge on any atom is -0.242 e. The van der Waals surface area contributed by atoms with Crippen molar-refractivity contribution in [2.75, 3.05) is 6.26 Å². The van der Waals surface area contributed by atoms with Crippen molar-refractivity contribution in [3.63, 3.8) is 0 Å². The van der Waals surface area contributed by atoms with Crippen LogP contribution in [-0.2, 0) is 13.1 Å². The lowest BCUT2D eigenvalue weighted by Crippen LogP contribution is -2.15. The van der Waals surface area contributed by atoms with Gasteiger partial charge in [-0.3, -0.25) is 0 Å². The van der Waals surface area contributed by atoms with Crippen LogP contribution in [0.25, 0.3) is 0 Å². The first kappa shape index (κ1) is 23.3. The number of benzene rings is 2. The fourth-order valence-corrected chi connectivity index (χ4v) is 4.05. The first-order chi connectivity index (χ1) is 15.9. The summed E-state index contributed by atoms with van der Waals surface area (Å²) >= 11 is 1.61. The summed E-state index contributed by atoms with van der Waals surface area (Å²) in [6.07, 6.45) is -3.01. The summed E-state index contributed by atoms with van der Waals surface area (Å²) in [6.45, 7) is 1.37. The Bertz CT molecular complexity index is 1020. The second-order valence-electron chi connectivity index (χ2n) is 7.61. The standard InChI is InChI=1S/C23H21F4N5S/c1-33-32(12-14-2-6-16(7-3-14)18-10-20(22(24)25)30-28-18)13-15-4-8-17(9-5-15)19-11-21(23(26)27)31-29-19/h2-9,22-23H,10-13H2,1H3. The van der Waals surface area contributed by atoms with Gasteiger partial charge >= 0.3 is 0 Å². The molecule has 2 aliphatic rings. The van der Waals surface area contributed by atoms with Crippen LogP contribution in [0, 0.1) is 0 Å². The van der Waals surface area contributed by atoms with E-state index in [0.29, 0.717) is 24.5 Å². The van der Waals surface area contributed by atoms with Crippen molar-refractivity contribution in [3.05, 3.63) is 70.8 Å². The molecule has 4 rings (SSSR count). The molecule has 0 radical (unpaired) electrons. The Morgan fingerprint density at radius 1 is 0.697 bits per heavy atom. The maximum atomic E-state index is 12.7. The highest BCUT2D eigenvalue weighted by atomic mass is 32.2. The maximum Gasteiger partial charge on any atom is 0.278 e. The van der Waals surface area contributed by atoms with Crippen LogP contribution in [0.5, 0.6) is 0 Å². The zero-order chi connectivity index (χ0) is 23.4. The quantitative estimate of drug-likeness (QED) is 0.351. The van der Waals surface area contributed by atoms with Crippen LogP contribution in [0.2, 0.25) is 0 Å². The molecule has 0 amide bonds. The van der Waals surface area contributed by atoms with E-state index in [1.807, 2.05) is 54.8 Å². The van der Waals surface area contributed by atoms with Gasteiger partial charge in [0.25, 0.3) is 12.9 Å². The maximum absolute atomic E-state index is 12.7. The summed E-state index contributed by atoms with van der Waals surface area (Å²) < 4.78 is 53.2. The molecule has 0 N–H and O–H groups in total. The van der Waals surface area contributed by atoms with E-state index in [-0.39, 0.29) is 24.3 Å². The van der Waals surface area contributed by atoms with E-state index in [0.717, 1.165) is 22.3 Å². The smallest absolute Gasteiger partial charge is 0.242 e. The Hall–Kier alpha value is -2.85. The lowest BCUT2D eigenvalue weighted by Gasteiger charge is -2.20. The monoisotopic (exact) mass is 475 g/mol. The molecule has 10 heteroatoms. The van der Waals surface area contributed by atoms with Crippen molar-refractivity contribution in [3.8, 4) is 0 Å². The van der Waals surface area contributed by atoms with E-state index in [9.17, 15) is 17.6 Å². The third-order valence-corrected chi connectivity index (χ3v) is 6.12. The minimum atomic E-state index is -2.58. The Labute approximate surface area is 193 Å². The van der Waals surface area contributed by atoms with Gasteiger partial charge in [0.2, 0.25) is 0 Å². The number of alkyl halides is 4. The van der Waals surface area contributed by atoms with Gasteiger partial charge in [0.05, 0.1) is 11.4 Å². The number of halogens is 4. The molecule has 0 aromatic heterocycles. The topological polar surface area (TPSA) is 52.7 Å². The fraction of sp³-hybridized carbons (Fsp3) is 0.304. The predicted octanol–water partition coefficient (Wildman–Crippen LogP) is 5.59. The minimum absolute atomic E-state index is 0.0753. The highest BCUT2D eigenvalue weighted by molar-refractivity contribution is 7.96. The molecule has 0 saturated carbocycles. The van der Waals surface area contributed by atoms with Crippen molar-refractivity contribution in [1.29, 1.82) is 0 Å². The van der Waals surface area contributed by atoms with Crippen LogP contribution in [0.1, 0.15) is 35.1 Å². The van der Waals surface area contributed by atoms with Gasteiger partial charge in [0, 0.05) is 25.9 Å². The first-order valence-electron chi connectivity index (χ1n) is 10.2. The molecule has 33 heavy (non-hydrogen) atoms. The molecule has 2 aromatic rings. The van der Waals surface area contributed by atoms with Crippen LogP contribution in [-0.4, -0.2) is 46.3 Å². The SMILES string of the molecule is CSN(Cc1ccc(C2=NN=C(C(F)F)C2)cc1)Cc1ccc(C2=NN=C(C(F)F)C2)cc1. The van der Waals surface area contributed by atoms with Crippen LogP contribution < -0.4 is 0 Å². The Morgan fingerprint density at radius 2 is 1.09 bits per heavy atom. The van der Waals surface area contributed by atoms with E-state index < -0.39 is 12.9 Å². The van der Waals surface area contributed by atoms with Crippen molar-refractivity contribution in [2.45, 2.75) is 38.8 Å². The van der Waals surface area contributed by atoms with Gasteiger partial charge in [-0.05, 0) is 28.5 Å². The zero-order valence-electron chi connectivity index (χ0n) is 17.8.